The van der Waals surface area contributed by atoms with E-state index in [9.17, 15) is 9.90 Å². The quantitative estimate of drug-likeness (QED) is 0.656. The van der Waals surface area contributed by atoms with Gasteiger partial charge in [0.1, 0.15) is 6.10 Å². The van der Waals surface area contributed by atoms with E-state index in [0.29, 0.717) is 13.2 Å². The number of carbonyl (C=O) groups is 1. The molecule has 0 spiro atoms. The van der Waals surface area contributed by atoms with Crippen LogP contribution in [0.1, 0.15) is 37.8 Å². The van der Waals surface area contributed by atoms with Gasteiger partial charge in [0.2, 0.25) is 0 Å². The molecule has 2 amide bonds. The van der Waals surface area contributed by atoms with Gasteiger partial charge in [0, 0.05) is 30.9 Å². The summed E-state index contributed by atoms with van der Waals surface area (Å²) in [5, 5.41) is 17.1. The lowest BCUT2D eigenvalue weighted by molar-refractivity contribution is -0.177. The lowest BCUT2D eigenvalue weighted by Crippen LogP contribution is -2.66. The zero-order valence-corrected chi connectivity index (χ0v) is 17.0. The summed E-state index contributed by atoms with van der Waals surface area (Å²) >= 11 is 0. The first-order valence-corrected chi connectivity index (χ1v) is 10.7. The average Bonchev–Trinajstić information content (AvgIpc) is 3.16. The minimum atomic E-state index is -0.771. The third-order valence-electron chi connectivity index (χ3n) is 6.32. The maximum absolute atomic E-state index is 12.5. The Morgan fingerprint density at radius 3 is 2.86 bits per heavy atom. The number of aliphatic hydroxyl groups is 1. The molecular formula is C21H32N4O4. The predicted octanol–water partition coefficient (Wildman–Crippen LogP) is 1.04. The van der Waals surface area contributed by atoms with Gasteiger partial charge >= 0.3 is 6.03 Å². The van der Waals surface area contributed by atoms with Gasteiger partial charge in [-0.15, -0.1) is 0 Å². The molecule has 1 saturated carbocycles. The van der Waals surface area contributed by atoms with Crippen molar-refractivity contribution in [2.75, 3.05) is 20.2 Å². The molecular weight excluding hydrogens is 372 g/mol. The fraction of sp³-hybridized carbons (Fsp3) is 0.714. The van der Waals surface area contributed by atoms with Gasteiger partial charge < -0.3 is 25.2 Å². The van der Waals surface area contributed by atoms with Crippen molar-refractivity contribution in [1.29, 1.82) is 0 Å². The second-order valence-corrected chi connectivity index (χ2v) is 8.39. The van der Waals surface area contributed by atoms with Crippen LogP contribution >= 0.6 is 0 Å². The molecule has 3 N–H and O–H groups in total. The molecule has 2 bridgehead atoms. The highest BCUT2D eigenvalue weighted by molar-refractivity contribution is 5.74. The summed E-state index contributed by atoms with van der Waals surface area (Å²) in [4.78, 5) is 18.9. The molecule has 0 unspecified atom stereocenters. The first-order chi connectivity index (χ1) is 14.1. The number of aromatic nitrogens is 1. The molecule has 3 fully saturated rings. The molecule has 0 aromatic carbocycles. The third kappa shape index (κ3) is 4.88. The van der Waals surface area contributed by atoms with Crippen LogP contribution in [-0.4, -0.2) is 77.8 Å². The molecule has 8 heteroatoms. The van der Waals surface area contributed by atoms with Crippen molar-refractivity contribution < 1.29 is 19.4 Å². The van der Waals surface area contributed by atoms with Gasteiger partial charge in [-0.25, -0.2) is 4.79 Å². The SMILES string of the molecule is CN(CCc1ccccn1)[C@@H]1[C@@H]2OC[C@H](O2)[C@@H](NC(=O)NC2CCCCC2)[C@@H]1O. The monoisotopic (exact) mass is 404 g/mol. The van der Waals surface area contributed by atoms with Crippen LogP contribution in [0.15, 0.2) is 24.4 Å². The summed E-state index contributed by atoms with van der Waals surface area (Å²) in [6.45, 7) is 1.08. The van der Waals surface area contributed by atoms with E-state index in [1.165, 1.54) is 6.42 Å². The number of likely N-dealkylation sites (N-methyl/N-ethyl adjacent to an activating group) is 1. The fourth-order valence-corrected chi connectivity index (χ4v) is 4.66. The highest BCUT2D eigenvalue weighted by Crippen LogP contribution is 2.31. The highest BCUT2D eigenvalue weighted by Gasteiger charge is 2.52. The smallest absolute Gasteiger partial charge is 0.315 e. The Balaban J connectivity index is 1.35. The Bertz CT molecular complexity index is 670. The number of urea groups is 1. The second kappa shape index (κ2) is 9.38. The van der Waals surface area contributed by atoms with E-state index in [4.69, 9.17) is 9.47 Å². The van der Waals surface area contributed by atoms with Crippen LogP contribution in [0.25, 0.3) is 0 Å². The number of aliphatic hydroxyl groups excluding tert-OH is 1. The Labute approximate surface area is 172 Å². The van der Waals surface area contributed by atoms with E-state index in [1.807, 2.05) is 30.1 Å². The van der Waals surface area contributed by atoms with Crippen LogP contribution < -0.4 is 10.6 Å². The number of fused-ring (bicyclic) bond motifs is 2. The highest BCUT2D eigenvalue weighted by atomic mass is 16.7. The van der Waals surface area contributed by atoms with Gasteiger partial charge in [-0.3, -0.25) is 9.88 Å². The molecule has 1 aliphatic carbocycles. The van der Waals surface area contributed by atoms with Gasteiger partial charge in [0.25, 0.3) is 0 Å². The molecule has 29 heavy (non-hydrogen) atoms. The summed E-state index contributed by atoms with van der Waals surface area (Å²) in [5.41, 5.74) is 0.998. The minimum Gasteiger partial charge on any atom is -0.389 e. The van der Waals surface area contributed by atoms with E-state index in [2.05, 4.69) is 15.6 Å². The maximum atomic E-state index is 12.5. The Hall–Kier alpha value is -1.74. The number of hydrogen-bond acceptors (Lipinski definition) is 6. The van der Waals surface area contributed by atoms with Gasteiger partial charge in [-0.05, 0) is 32.0 Å². The number of rotatable bonds is 6. The van der Waals surface area contributed by atoms with Crippen molar-refractivity contribution in [2.45, 2.75) is 75.1 Å². The van der Waals surface area contributed by atoms with E-state index in [-0.39, 0.29) is 24.2 Å². The molecule has 0 radical (unpaired) electrons. The number of ether oxygens (including phenoxy) is 2. The van der Waals surface area contributed by atoms with Crippen molar-refractivity contribution in [3.05, 3.63) is 30.1 Å². The molecule has 3 aliphatic rings. The number of carbonyl (C=O) groups excluding carboxylic acids is 1. The third-order valence-corrected chi connectivity index (χ3v) is 6.32. The number of amides is 2. The van der Waals surface area contributed by atoms with E-state index in [1.54, 1.807) is 6.20 Å². The van der Waals surface area contributed by atoms with Crippen LogP contribution in [0.4, 0.5) is 4.79 Å². The molecule has 4 rings (SSSR count). The largest absolute Gasteiger partial charge is 0.389 e. The summed E-state index contributed by atoms with van der Waals surface area (Å²) in [6, 6.07) is 4.99. The van der Waals surface area contributed by atoms with E-state index < -0.39 is 18.4 Å². The standard InChI is InChI=1S/C21H32N4O4/c1-25(12-10-14-7-5-6-11-22-14)18-19(26)17(16-13-28-20(18)29-16)24-21(27)23-15-8-3-2-4-9-15/h5-7,11,15-20,26H,2-4,8-10,12-13H2,1H3,(H2,23,24,27)/t16-,17+,18-,19-,20+/m0/s1. The van der Waals surface area contributed by atoms with Crippen molar-refractivity contribution in [3.8, 4) is 0 Å². The zero-order chi connectivity index (χ0) is 20.2. The summed E-state index contributed by atoms with van der Waals surface area (Å²) < 4.78 is 11.8. The predicted molar refractivity (Wildman–Crippen MR) is 107 cm³/mol. The Morgan fingerprint density at radius 2 is 2.10 bits per heavy atom. The molecule has 5 atom stereocenters. The van der Waals surface area contributed by atoms with Gasteiger partial charge in [0.15, 0.2) is 6.29 Å². The lowest BCUT2D eigenvalue weighted by atomic mass is 9.94. The van der Waals surface area contributed by atoms with E-state index in [0.717, 1.165) is 37.8 Å². The number of pyridine rings is 1. The molecule has 3 heterocycles. The zero-order valence-electron chi connectivity index (χ0n) is 17.0. The van der Waals surface area contributed by atoms with Crippen molar-refractivity contribution >= 4 is 6.03 Å². The van der Waals surface area contributed by atoms with Crippen LogP contribution in [0.5, 0.6) is 0 Å². The average molecular weight is 405 g/mol. The van der Waals surface area contributed by atoms with Gasteiger partial charge in [-0.2, -0.15) is 0 Å². The van der Waals surface area contributed by atoms with Crippen molar-refractivity contribution in [2.24, 2.45) is 0 Å². The summed E-state index contributed by atoms with van der Waals surface area (Å²) in [5.74, 6) is 0. The van der Waals surface area contributed by atoms with Crippen LogP contribution in [0.3, 0.4) is 0 Å². The first kappa shape index (κ1) is 20.5. The van der Waals surface area contributed by atoms with Crippen LogP contribution in [0.2, 0.25) is 0 Å². The summed E-state index contributed by atoms with van der Waals surface area (Å²) in [7, 11) is 1.95. The second-order valence-electron chi connectivity index (χ2n) is 8.39. The van der Waals surface area contributed by atoms with Crippen molar-refractivity contribution in [1.82, 2.24) is 20.5 Å². The lowest BCUT2D eigenvalue weighted by Gasteiger charge is -2.42. The fourth-order valence-electron chi connectivity index (χ4n) is 4.66. The number of nitrogens with one attached hydrogen (secondary N) is 2. The summed E-state index contributed by atoms with van der Waals surface area (Å²) in [6.07, 6.45) is 6.55. The number of nitrogens with zero attached hydrogens (tertiary/aromatic N) is 2. The molecule has 160 valence electrons. The normalized spacial score (nSPS) is 32.3. The number of hydrogen-bond donors (Lipinski definition) is 3. The van der Waals surface area contributed by atoms with E-state index >= 15 is 0 Å². The molecule has 8 nitrogen and oxygen atoms in total. The maximum Gasteiger partial charge on any atom is 0.315 e. The molecule has 2 saturated heterocycles. The Morgan fingerprint density at radius 1 is 1.28 bits per heavy atom. The van der Waals surface area contributed by atoms with Crippen LogP contribution in [0, 0.1) is 0 Å². The first-order valence-electron chi connectivity index (χ1n) is 10.7. The topological polar surface area (TPSA) is 96.0 Å². The van der Waals surface area contributed by atoms with Crippen molar-refractivity contribution in [3.63, 3.8) is 0 Å². The molecule has 1 aromatic heterocycles. The van der Waals surface area contributed by atoms with Gasteiger partial charge in [-0.1, -0.05) is 25.3 Å². The molecule has 2 aliphatic heterocycles. The Kier molecular flexibility index (Phi) is 6.64. The van der Waals surface area contributed by atoms with Gasteiger partial charge in [0.05, 0.1) is 24.8 Å². The minimum absolute atomic E-state index is 0.217. The molecule has 1 aromatic rings. The van der Waals surface area contributed by atoms with Crippen LogP contribution in [-0.2, 0) is 15.9 Å².